The van der Waals surface area contributed by atoms with Gasteiger partial charge in [-0.15, -0.1) is 0 Å². The molecule has 242 valence electrons. The number of methoxy groups -OCH3 is 1. The number of hydrogen-bond acceptors (Lipinski definition) is 5. The molecule has 0 aliphatic rings. The quantitative estimate of drug-likeness (QED) is 0.189. The Morgan fingerprint density at radius 2 is 1.41 bits per heavy atom. The van der Waals surface area contributed by atoms with Crippen LogP contribution in [0.4, 0.5) is 14.5 Å². The maximum absolute atomic E-state index is 14.4. The zero-order valence-electron chi connectivity index (χ0n) is 25.9. The minimum atomic E-state index is -4.37. The second-order valence-electron chi connectivity index (χ2n) is 10.8. The molecule has 0 spiro atoms. The van der Waals surface area contributed by atoms with Crippen LogP contribution >= 0.6 is 0 Å². The molecule has 11 heteroatoms. The Morgan fingerprint density at radius 3 is 1.98 bits per heavy atom. The van der Waals surface area contributed by atoms with Gasteiger partial charge in [0.15, 0.2) is 0 Å². The van der Waals surface area contributed by atoms with Gasteiger partial charge in [0.05, 0.1) is 17.7 Å². The van der Waals surface area contributed by atoms with Gasteiger partial charge in [-0.05, 0) is 85.1 Å². The van der Waals surface area contributed by atoms with Gasteiger partial charge in [-0.25, -0.2) is 17.2 Å². The van der Waals surface area contributed by atoms with Gasteiger partial charge in [-0.1, -0.05) is 49.4 Å². The van der Waals surface area contributed by atoms with Gasteiger partial charge >= 0.3 is 0 Å². The van der Waals surface area contributed by atoms with Gasteiger partial charge < -0.3 is 15.0 Å². The largest absolute Gasteiger partial charge is 0.497 e. The first-order valence-electron chi connectivity index (χ1n) is 14.8. The van der Waals surface area contributed by atoms with Crippen molar-refractivity contribution >= 4 is 27.5 Å². The normalized spacial score (nSPS) is 12.5. The lowest BCUT2D eigenvalue weighted by Gasteiger charge is -2.34. The molecule has 0 saturated carbocycles. The second-order valence-corrected chi connectivity index (χ2v) is 12.7. The summed E-state index contributed by atoms with van der Waals surface area (Å²) in [6.45, 7) is 2.96. The number of anilines is 1. The van der Waals surface area contributed by atoms with Crippen LogP contribution in [0.2, 0.25) is 0 Å². The highest BCUT2D eigenvalue weighted by Gasteiger charge is 2.35. The molecule has 0 radical (unpaired) electrons. The minimum absolute atomic E-state index is 0.0518. The summed E-state index contributed by atoms with van der Waals surface area (Å²) in [5.41, 5.74) is 1.37. The fraction of sp³-hybridized carbons (Fsp3) is 0.257. The summed E-state index contributed by atoms with van der Waals surface area (Å²) in [7, 11) is -2.92. The average molecular weight is 650 g/mol. The Morgan fingerprint density at radius 1 is 0.826 bits per heavy atom. The molecule has 2 amide bonds. The number of sulfonamides is 1. The molecule has 1 N–H and O–H groups in total. The third-order valence-corrected chi connectivity index (χ3v) is 9.37. The van der Waals surface area contributed by atoms with Crippen molar-refractivity contribution in [2.75, 3.05) is 18.0 Å². The van der Waals surface area contributed by atoms with Crippen molar-refractivity contribution in [2.24, 2.45) is 0 Å². The Hall–Kier alpha value is -4.77. The minimum Gasteiger partial charge on any atom is -0.497 e. The molecule has 0 saturated heterocycles. The van der Waals surface area contributed by atoms with Crippen molar-refractivity contribution in [3.63, 3.8) is 0 Å². The van der Waals surface area contributed by atoms with Crippen LogP contribution in [-0.4, -0.2) is 50.9 Å². The zero-order valence-corrected chi connectivity index (χ0v) is 26.7. The van der Waals surface area contributed by atoms with E-state index < -0.39 is 46.1 Å². The fourth-order valence-corrected chi connectivity index (χ4v) is 6.21. The summed E-state index contributed by atoms with van der Waals surface area (Å²) >= 11 is 0. The zero-order chi connectivity index (χ0) is 33.3. The molecule has 0 aliphatic heterocycles. The summed E-state index contributed by atoms with van der Waals surface area (Å²) in [4.78, 5) is 29.4. The molecule has 0 heterocycles. The van der Waals surface area contributed by atoms with Gasteiger partial charge in [-0.2, -0.15) is 0 Å². The third-order valence-electron chi connectivity index (χ3n) is 7.58. The lowest BCUT2D eigenvalue weighted by molar-refractivity contribution is -0.140. The maximum Gasteiger partial charge on any atom is 0.264 e. The molecule has 0 bridgehead atoms. The van der Waals surface area contributed by atoms with E-state index in [0.717, 1.165) is 22.0 Å². The maximum atomic E-state index is 14.4. The Balaban J connectivity index is 1.80. The summed E-state index contributed by atoms with van der Waals surface area (Å²) in [6, 6.07) is 23.8. The van der Waals surface area contributed by atoms with Crippen LogP contribution in [0.25, 0.3) is 0 Å². The van der Waals surface area contributed by atoms with E-state index in [-0.39, 0.29) is 29.6 Å². The van der Waals surface area contributed by atoms with E-state index in [1.54, 1.807) is 0 Å². The first-order chi connectivity index (χ1) is 22.0. The van der Waals surface area contributed by atoms with Gasteiger partial charge in [0.1, 0.15) is 30.0 Å². The smallest absolute Gasteiger partial charge is 0.264 e. The van der Waals surface area contributed by atoms with Crippen LogP contribution in [0.5, 0.6) is 5.75 Å². The number of carbonyl (C=O) groups is 2. The number of ether oxygens (including phenoxy) is 1. The fourth-order valence-electron chi connectivity index (χ4n) is 4.79. The van der Waals surface area contributed by atoms with E-state index in [4.69, 9.17) is 4.74 Å². The highest BCUT2D eigenvalue weighted by atomic mass is 32.2. The molecular weight excluding hydrogens is 612 g/mol. The van der Waals surface area contributed by atoms with Crippen LogP contribution in [0.1, 0.15) is 31.4 Å². The topological polar surface area (TPSA) is 96.0 Å². The molecule has 4 rings (SSSR count). The van der Waals surface area contributed by atoms with E-state index >= 15 is 0 Å². The van der Waals surface area contributed by atoms with Crippen LogP contribution in [-0.2, 0) is 32.6 Å². The highest BCUT2D eigenvalue weighted by molar-refractivity contribution is 7.92. The van der Waals surface area contributed by atoms with Crippen molar-refractivity contribution < 1.29 is 31.5 Å². The lowest BCUT2D eigenvalue weighted by atomic mass is 10.0. The van der Waals surface area contributed by atoms with Gasteiger partial charge in [0.25, 0.3) is 10.0 Å². The molecule has 46 heavy (non-hydrogen) atoms. The Bertz CT molecular complexity index is 1700. The number of nitrogens with zero attached hydrogens (tertiary/aromatic N) is 2. The second kappa shape index (κ2) is 15.5. The summed E-state index contributed by atoms with van der Waals surface area (Å²) < 4.78 is 61.9. The Kier molecular flexibility index (Phi) is 11.5. The molecule has 8 nitrogen and oxygen atoms in total. The molecule has 4 aromatic rings. The van der Waals surface area contributed by atoms with Crippen molar-refractivity contribution in [2.45, 2.75) is 50.2 Å². The highest BCUT2D eigenvalue weighted by Crippen LogP contribution is 2.27. The third kappa shape index (κ3) is 8.69. The summed E-state index contributed by atoms with van der Waals surface area (Å²) in [5, 5.41) is 2.96. The molecule has 0 aliphatic carbocycles. The van der Waals surface area contributed by atoms with E-state index in [0.29, 0.717) is 17.7 Å². The number of benzene rings is 4. The van der Waals surface area contributed by atoms with E-state index in [2.05, 4.69) is 5.32 Å². The van der Waals surface area contributed by atoms with Crippen LogP contribution in [0.15, 0.2) is 108 Å². The van der Waals surface area contributed by atoms with Crippen LogP contribution in [0, 0.1) is 11.6 Å². The predicted molar refractivity (Wildman–Crippen MR) is 173 cm³/mol. The standard InChI is InChI=1S/C35H37F2N3O5S/c1-4-25(2)38-35(42)33(22-26-8-6-5-7-9-26)39(23-27-10-12-28(36)13-11-27)34(41)24-40(30-16-14-29(37)15-17-30)46(43,44)32-20-18-31(45-3)19-21-32/h5-21,25,33H,4,22-24H2,1-3H3,(H,38,42)/t25-,33-/m1/s1. The van der Waals surface area contributed by atoms with Crippen molar-refractivity contribution in [1.29, 1.82) is 0 Å². The summed E-state index contributed by atoms with van der Waals surface area (Å²) in [5.74, 6) is -1.72. The molecule has 0 aromatic heterocycles. The predicted octanol–water partition coefficient (Wildman–Crippen LogP) is 5.72. The number of halogens is 2. The summed E-state index contributed by atoms with van der Waals surface area (Å²) in [6.07, 6.45) is 0.784. The van der Waals surface area contributed by atoms with E-state index in [1.165, 1.54) is 72.7 Å². The number of rotatable bonds is 14. The van der Waals surface area contributed by atoms with Crippen LogP contribution in [0.3, 0.4) is 0 Å². The molecular formula is C35H37F2N3O5S. The number of carbonyl (C=O) groups excluding carboxylic acids is 2. The number of hydrogen-bond donors (Lipinski definition) is 1. The molecule has 4 aromatic carbocycles. The lowest BCUT2D eigenvalue weighted by Crippen LogP contribution is -2.54. The molecule has 0 fully saturated rings. The van der Waals surface area contributed by atoms with Crippen molar-refractivity contribution in [3.8, 4) is 5.75 Å². The molecule has 2 atom stereocenters. The van der Waals surface area contributed by atoms with Gasteiger partial charge in [0, 0.05) is 19.0 Å². The van der Waals surface area contributed by atoms with E-state index in [9.17, 15) is 26.8 Å². The van der Waals surface area contributed by atoms with Crippen molar-refractivity contribution in [1.82, 2.24) is 10.2 Å². The monoisotopic (exact) mass is 649 g/mol. The number of nitrogens with one attached hydrogen (secondary N) is 1. The first kappa shape index (κ1) is 34.1. The molecule has 0 unspecified atom stereocenters. The van der Waals surface area contributed by atoms with E-state index in [1.807, 2.05) is 44.2 Å². The van der Waals surface area contributed by atoms with Crippen LogP contribution < -0.4 is 14.4 Å². The number of amides is 2. The first-order valence-corrected chi connectivity index (χ1v) is 16.3. The van der Waals surface area contributed by atoms with Gasteiger partial charge in [-0.3, -0.25) is 13.9 Å². The van der Waals surface area contributed by atoms with Crippen molar-refractivity contribution in [3.05, 3.63) is 126 Å². The van der Waals surface area contributed by atoms with Gasteiger partial charge in [0.2, 0.25) is 11.8 Å². The Labute approximate surface area is 268 Å². The average Bonchev–Trinajstić information content (AvgIpc) is 3.06. The SMILES string of the molecule is CC[C@@H](C)NC(=O)[C@@H](Cc1ccccc1)N(Cc1ccc(F)cc1)C(=O)CN(c1ccc(F)cc1)S(=O)(=O)c1ccc(OC)cc1.